The summed E-state index contributed by atoms with van der Waals surface area (Å²) in [5, 5.41) is 0. The van der Waals surface area contributed by atoms with E-state index >= 15 is 0 Å². The molecular formula is C9H9FN2O4. The van der Waals surface area contributed by atoms with Crippen LogP contribution in [0.5, 0.6) is 0 Å². The first-order valence-electron chi connectivity index (χ1n) is 4.93. The zero-order valence-corrected chi connectivity index (χ0v) is 8.18. The van der Waals surface area contributed by atoms with Crippen molar-refractivity contribution in [2.45, 2.75) is 24.9 Å². The van der Waals surface area contributed by atoms with Gasteiger partial charge in [0.2, 0.25) is 5.82 Å². The van der Waals surface area contributed by atoms with E-state index < -0.39 is 23.3 Å². The summed E-state index contributed by atoms with van der Waals surface area (Å²) >= 11 is 0. The molecule has 2 aliphatic rings. The van der Waals surface area contributed by atoms with Gasteiger partial charge in [-0.25, -0.2) is 4.79 Å². The second-order valence-electron chi connectivity index (χ2n) is 3.88. The molecule has 16 heavy (non-hydrogen) atoms. The first-order valence-corrected chi connectivity index (χ1v) is 4.93. The number of aromatic amines is 1. The predicted octanol–water partition coefficient (Wildman–Crippen LogP) is -0.638. The van der Waals surface area contributed by atoms with Gasteiger partial charge in [0, 0.05) is 6.42 Å². The van der Waals surface area contributed by atoms with Gasteiger partial charge < -0.3 is 9.47 Å². The lowest BCUT2D eigenvalue weighted by Crippen LogP contribution is -2.40. The summed E-state index contributed by atoms with van der Waals surface area (Å²) < 4.78 is 24.8. The van der Waals surface area contributed by atoms with Gasteiger partial charge in [-0.3, -0.25) is 14.3 Å². The van der Waals surface area contributed by atoms with Crippen LogP contribution in [0.3, 0.4) is 0 Å². The number of nitrogens with zero attached hydrogens (tertiary/aromatic N) is 1. The summed E-state index contributed by atoms with van der Waals surface area (Å²) in [6.45, 7) is 0.502. The van der Waals surface area contributed by atoms with Crippen molar-refractivity contribution in [1.82, 2.24) is 9.55 Å². The Morgan fingerprint density at radius 1 is 1.44 bits per heavy atom. The van der Waals surface area contributed by atoms with Gasteiger partial charge in [-0.15, -0.1) is 0 Å². The normalized spacial score (nSPS) is 32.2. The number of nitrogens with one attached hydrogen (secondary N) is 1. The van der Waals surface area contributed by atoms with Crippen LogP contribution in [0.25, 0.3) is 0 Å². The first kappa shape index (κ1) is 9.73. The lowest BCUT2D eigenvalue weighted by Gasteiger charge is -2.28. The van der Waals surface area contributed by atoms with Gasteiger partial charge in [0.05, 0.1) is 18.9 Å². The molecule has 86 valence electrons. The Kier molecular flexibility index (Phi) is 1.98. The summed E-state index contributed by atoms with van der Waals surface area (Å²) in [6, 6.07) is 0. The number of H-pyrrole nitrogens is 1. The van der Waals surface area contributed by atoms with E-state index in [1.165, 1.54) is 0 Å². The smallest absolute Gasteiger partial charge is 0.330 e. The molecular weight excluding hydrogens is 219 g/mol. The molecule has 1 N–H and O–H groups in total. The lowest BCUT2D eigenvalue weighted by molar-refractivity contribution is -0.149. The molecule has 0 bridgehead atoms. The Labute approximate surface area is 88.6 Å². The minimum atomic E-state index is -1.02. The maximum absolute atomic E-state index is 13.0. The zero-order chi connectivity index (χ0) is 11.3. The standard InChI is InChI=1S/C9H9FN2O4/c10-4-2-12(9(14)11-8(4)13)7-1-5-6(16-7)3-15-5/h2,5-7H,1,3H2,(H,11,13,14)/t5-,6+,7-/m1/s1. The van der Waals surface area contributed by atoms with E-state index in [9.17, 15) is 14.0 Å². The molecule has 2 saturated heterocycles. The van der Waals surface area contributed by atoms with Gasteiger partial charge in [0.15, 0.2) is 0 Å². The molecule has 1 aromatic heterocycles. The van der Waals surface area contributed by atoms with Crippen molar-refractivity contribution in [2.24, 2.45) is 0 Å². The highest BCUT2D eigenvalue weighted by atomic mass is 19.1. The van der Waals surface area contributed by atoms with Crippen LogP contribution in [0.1, 0.15) is 12.6 Å². The van der Waals surface area contributed by atoms with E-state index in [-0.39, 0.29) is 12.2 Å². The molecule has 2 aliphatic heterocycles. The highest BCUT2D eigenvalue weighted by Crippen LogP contribution is 2.35. The number of rotatable bonds is 1. The number of ether oxygens (including phenoxy) is 2. The van der Waals surface area contributed by atoms with E-state index in [0.29, 0.717) is 13.0 Å². The SMILES string of the molecule is O=c1[nH]c(=O)n([C@H]2C[C@H]3OC[C@@H]3O2)cc1F. The van der Waals surface area contributed by atoms with Crippen molar-refractivity contribution in [1.29, 1.82) is 0 Å². The van der Waals surface area contributed by atoms with Crippen molar-refractivity contribution >= 4 is 0 Å². The van der Waals surface area contributed by atoms with E-state index in [1.54, 1.807) is 0 Å². The zero-order valence-electron chi connectivity index (χ0n) is 8.18. The second-order valence-corrected chi connectivity index (χ2v) is 3.88. The van der Waals surface area contributed by atoms with E-state index in [2.05, 4.69) is 0 Å². The molecule has 6 nitrogen and oxygen atoms in total. The van der Waals surface area contributed by atoms with Crippen LogP contribution < -0.4 is 11.2 Å². The van der Waals surface area contributed by atoms with Gasteiger partial charge in [-0.1, -0.05) is 0 Å². The molecule has 2 fully saturated rings. The Bertz CT molecular complexity index is 525. The minimum absolute atomic E-state index is 0.0214. The second kappa shape index (κ2) is 3.26. The Hall–Kier alpha value is -1.47. The van der Waals surface area contributed by atoms with E-state index in [0.717, 1.165) is 10.8 Å². The topological polar surface area (TPSA) is 73.3 Å². The highest BCUT2D eigenvalue weighted by Gasteiger charge is 2.44. The average molecular weight is 228 g/mol. The fourth-order valence-electron chi connectivity index (χ4n) is 1.97. The van der Waals surface area contributed by atoms with E-state index in [1.807, 2.05) is 4.98 Å². The van der Waals surface area contributed by atoms with Gasteiger partial charge in [-0.05, 0) is 0 Å². The van der Waals surface area contributed by atoms with Gasteiger partial charge >= 0.3 is 5.69 Å². The van der Waals surface area contributed by atoms with E-state index in [4.69, 9.17) is 9.47 Å². The van der Waals surface area contributed by atoms with Crippen molar-refractivity contribution < 1.29 is 13.9 Å². The summed E-state index contributed by atoms with van der Waals surface area (Å²) in [7, 11) is 0. The third kappa shape index (κ3) is 1.32. The van der Waals surface area contributed by atoms with Crippen LogP contribution in [-0.2, 0) is 9.47 Å². The van der Waals surface area contributed by atoms with Crippen molar-refractivity contribution in [2.75, 3.05) is 6.61 Å². The molecule has 0 radical (unpaired) electrons. The van der Waals surface area contributed by atoms with Crippen LogP contribution in [0.2, 0.25) is 0 Å². The van der Waals surface area contributed by atoms with Crippen LogP contribution in [0.15, 0.2) is 15.8 Å². The third-order valence-corrected chi connectivity index (χ3v) is 2.89. The molecule has 7 heteroatoms. The maximum atomic E-state index is 13.0. The van der Waals surface area contributed by atoms with Gasteiger partial charge in [0.1, 0.15) is 12.3 Å². The molecule has 1 aromatic rings. The summed E-state index contributed by atoms with van der Waals surface area (Å²) in [4.78, 5) is 24.2. The minimum Gasteiger partial charge on any atom is -0.372 e. The summed E-state index contributed by atoms with van der Waals surface area (Å²) in [5.41, 5.74) is -1.68. The monoisotopic (exact) mass is 228 g/mol. The fourth-order valence-corrected chi connectivity index (χ4v) is 1.97. The molecule has 0 unspecified atom stereocenters. The molecule has 0 aromatic carbocycles. The number of hydrogen-bond donors (Lipinski definition) is 1. The molecule has 3 heterocycles. The lowest BCUT2D eigenvalue weighted by atomic mass is 10.1. The summed E-state index contributed by atoms with van der Waals surface area (Å²) in [5.74, 6) is -0.997. The number of aromatic nitrogens is 2. The van der Waals surface area contributed by atoms with Crippen LogP contribution >= 0.6 is 0 Å². The predicted molar refractivity (Wildman–Crippen MR) is 49.5 cm³/mol. The Balaban J connectivity index is 1.97. The number of halogens is 1. The number of fused-ring (bicyclic) bond motifs is 1. The van der Waals surface area contributed by atoms with Crippen molar-refractivity contribution in [3.8, 4) is 0 Å². The number of hydrogen-bond acceptors (Lipinski definition) is 4. The molecule has 3 rings (SSSR count). The summed E-state index contributed by atoms with van der Waals surface area (Å²) in [6.07, 6.45) is 0.766. The van der Waals surface area contributed by atoms with Crippen LogP contribution in [-0.4, -0.2) is 28.4 Å². The molecule has 0 aliphatic carbocycles. The van der Waals surface area contributed by atoms with Crippen LogP contribution in [0.4, 0.5) is 4.39 Å². The molecule has 0 saturated carbocycles. The molecule has 0 amide bonds. The van der Waals surface area contributed by atoms with Crippen molar-refractivity contribution in [3.63, 3.8) is 0 Å². The largest absolute Gasteiger partial charge is 0.372 e. The maximum Gasteiger partial charge on any atom is 0.330 e. The average Bonchev–Trinajstić information content (AvgIpc) is 2.49. The Morgan fingerprint density at radius 3 is 2.81 bits per heavy atom. The highest BCUT2D eigenvalue weighted by molar-refractivity contribution is 4.93. The van der Waals surface area contributed by atoms with Gasteiger partial charge in [0.25, 0.3) is 5.56 Å². The quantitative estimate of drug-likeness (QED) is 0.694. The van der Waals surface area contributed by atoms with Crippen molar-refractivity contribution in [3.05, 3.63) is 32.9 Å². The fraction of sp³-hybridized carbons (Fsp3) is 0.556. The van der Waals surface area contributed by atoms with Gasteiger partial charge in [-0.2, -0.15) is 4.39 Å². The first-order chi connectivity index (χ1) is 7.65. The molecule has 3 atom stereocenters. The van der Waals surface area contributed by atoms with Crippen LogP contribution in [0, 0.1) is 5.82 Å². The third-order valence-electron chi connectivity index (χ3n) is 2.89. The molecule has 0 spiro atoms. The Morgan fingerprint density at radius 2 is 2.25 bits per heavy atom.